The van der Waals surface area contributed by atoms with Gasteiger partial charge in [0.05, 0.1) is 7.11 Å². The predicted octanol–water partition coefficient (Wildman–Crippen LogP) is 2.25. The van der Waals surface area contributed by atoms with Crippen molar-refractivity contribution in [2.45, 2.75) is 32.4 Å². The minimum atomic E-state index is 0.538. The lowest BCUT2D eigenvalue weighted by molar-refractivity contribution is 0.115. The number of piperidine rings is 1. The van der Waals surface area contributed by atoms with E-state index in [0.29, 0.717) is 6.04 Å². The number of rotatable bonds is 4. The Bertz CT molecular complexity index is 363. The Morgan fingerprint density at radius 1 is 1.33 bits per heavy atom. The quantitative estimate of drug-likeness (QED) is 0.888. The van der Waals surface area contributed by atoms with Crippen molar-refractivity contribution in [3.05, 3.63) is 29.8 Å². The second kappa shape index (κ2) is 6.21. The van der Waals surface area contributed by atoms with Gasteiger partial charge in [0.25, 0.3) is 0 Å². The summed E-state index contributed by atoms with van der Waals surface area (Å²) in [7, 11) is 1.70. The van der Waals surface area contributed by atoms with E-state index < -0.39 is 0 Å². The molecule has 3 heteroatoms. The normalized spacial score (nSPS) is 25.1. The molecule has 0 bridgehead atoms. The second-order valence-corrected chi connectivity index (χ2v) is 5.34. The third-order valence-corrected chi connectivity index (χ3v) is 3.92. The highest BCUT2D eigenvalue weighted by atomic mass is 16.5. The molecule has 0 aromatic heterocycles. The van der Waals surface area contributed by atoms with Crippen LogP contribution in [0.4, 0.5) is 0 Å². The molecule has 3 nitrogen and oxygen atoms in total. The molecule has 0 spiro atoms. The van der Waals surface area contributed by atoms with E-state index in [2.05, 4.69) is 24.0 Å². The van der Waals surface area contributed by atoms with Crippen LogP contribution in [0.15, 0.2) is 24.3 Å². The topological polar surface area (TPSA) is 38.5 Å². The summed E-state index contributed by atoms with van der Waals surface area (Å²) in [6.07, 6.45) is 2.51. The van der Waals surface area contributed by atoms with Crippen LogP contribution >= 0.6 is 0 Å². The Kier molecular flexibility index (Phi) is 4.61. The number of hydrogen-bond donors (Lipinski definition) is 1. The van der Waals surface area contributed by atoms with Gasteiger partial charge in [-0.25, -0.2) is 0 Å². The maximum Gasteiger partial charge on any atom is 0.118 e. The van der Waals surface area contributed by atoms with Crippen LogP contribution in [0.5, 0.6) is 5.75 Å². The maximum atomic E-state index is 5.89. The maximum absolute atomic E-state index is 5.89. The van der Waals surface area contributed by atoms with Crippen molar-refractivity contribution in [1.29, 1.82) is 0 Å². The SMILES string of the molecule is COc1ccc(CN2CCC(C)CC2CN)cc1. The smallest absolute Gasteiger partial charge is 0.118 e. The second-order valence-electron chi connectivity index (χ2n) is 5.34. The van der Waals surface area contributed by atoms with Gasteiger partial charge in [-0.1, -0.05) is 19.1 Å². The fourth-order valence-corrected chi connectivity index (χ4v) is 2.72. The van der Waals surface area contributed by atoms with Crippen LogP contribution < -0.4 is 10.5 Å². The van der Waals surface area contributed by atoms with E-state index >= 15 is 0 Å². The van der Waals surface area contributed by atoms with Crippen LogP contribution in [0.25, 0.3) is 0 Å². The van der Waals surface area contributed by atoms with Crippen molar-refractivity contribution in [3.8, 4) is 5.75 Å². The first-order valence-electron chi connectivity index (χ1n) is 6.80. The molecule has 2 N–H and O–H groups in total. The summed E-state index contributed by atoms with van der Waals surface area (Å²) in [5.41, 5.74) is 7.23. The third-order valence-electron chi connectivity index (χ3n) is 3.92. The Hall–Kier alpha value is -1.06. The van der Waals surface area contributed by atoms with Gasteiger partial charge in [-0.05, 0) is 43.0 Å². The Balaban J connectivity index is 1.98. The molecule has 1 aliphatic rings. The first kappa shape index (κ1) is 13.4. The first-order chi connectivity index (χ1) is 8.72. The van der Waals surface area contributed by atoms with E-state index in [1.165, 1.54) is 18.4 Å². The number of methoxy groups -OCH3 is 1. The van der Waals surface area contributed by atoms with Gasteiger partial charge in [-0.2, -0.15) is 0 Å². The fourth-order valence-electron chi connectivity index (χ4n) is 2.72. The summed E-state index contributed by atoms with van der Waals surface area (Å²) >= 11 is 0. The number of hydrogen-bond acceptors (Lipinski definition) is 3. The highest BCUT2D eigenvalue weighted by Crippen LogP contribution is 2.24. The van der Waals surface area contributed by atoms with Gasteiger partial charge in [0, 0.05) is 19.1 Å². The van der Waals surface area contributed by atoms with Crippen molar-refractivity contribution in [2.75, 3.05) is 20.2 Å². The number of likely N-dealkylation sites (tertiary alicyclic amines) is 1. The highest BCUT2D eigenvalue weighted by molar-refractivity contribution is 5.27. The molecule has 1 aromatic rings. The molecular formula is C15H24N2O. The molecule has 1 aromatic carbocycles. The molecule has 0 amide bonds. The molecular weight excluding hydrogens is 224 g/mol. The third kappa shape index (κ3) is 3.24. The molecule has 1 aliphatic heterocycles. The molecule has 100 valence electrons. The average molecular weight is 248 g/mol. The molecule has 2 atom stereocenters. The average Bonchev–Trinajstić information content (AvgIpc) is 2.41. The first-order valence-corrected chi connectivity index (χ1v) is 6.80. The van der Waals surface area contributed by atoms with E-state index in [9.17, 15) is 0 Å². The summed E-state index contributed by atoms with van der Waals surface area (Å²) in [5.74, 6) is 1.73. The minimum absolute atomic E-state index is 0.538. The van der Waals surface area contributed by atoms with E-state index in [1.54, 1.807) is 7.11 Å². The monoisotopic (exact) mass is 248 g/mol. The van der Waals surface area contributed by atoms with Gasteiger partial charge in [-0.3, -0.25) is 4.90 Å². The highest BCUT2D eigenvalue weighted by Gasteiger charge is 2.24. The summed E-state index contributed by atoms with van der Waals surface area (Å²) < 4.78 is 5.18. The Morgan fingerprint density at radius 2 is 2.06 bits per heavy atom. The van der Waals surface area contributed by atoms with Crippen molar-refractivity contribution in [1.82, 2.24) is 4.90 Å². The van der Waals surface area contributed by atoms with Crippen LogP contribution in [0.3, 0.4) is 0 Å². The zero-order valence-corrected chi connectivity index (χ0v) is 11.4. The predicted molar refractivity (Wildman–Crippen MR) is 74.6 cm³/mol. The number of benzene rings is 1. The lowest BCUT2D eigenvalue weighted by Crippen LogP contribution is -2.45. The van der Waals surface area contributed by atoms with E-state index in [0.717, 1.165) is 31.3 Å². The minimum Gasteiger partial charge on any atom is -0.497 e. The lowest BCUT2D eigenvalue weighted by Gasteiger charge is -2.38. The van der Waals surface area contributed by atoms with Gasteiger partial charge < -0.3 is 10.5 Å². The number of nitrogens with zero attached hydrogens (tertiary/aromatic N) is 1. The zero-order chi connectivity index (χ0) is 13.0. The van der Waals surface area contributed by atoms with Crippen molar-refractivity contribution >= 4 is 0 Å². The van der Waals surface area contributed by atoms with E-state index in [1.807, 2.05) is 12.1 Å². The van der Waals surface area contributed by atoms with Gasteiger partial charge in [0.2, 0.25) is 0 Å². The van der Waals surface area contributed by atoms with E-state index in [4.69, 9.17) is 10.5 Å². The molecule has 1 heterocycles. The molecule has 2 unspecified atom stereocenters. The van der Waals surface area contributed by atoms with Gasteiger partial charge in [-0.15, -0.1) is 0 Å². The van der Waals surface area contributed by atoms with E-state index in [-0.39, 0.29) is 0 Å². The lowest BCUT2D eigenvalue weighted by atomic mass is 9.92. The van der Waals surface area contributed by atoms with Crippen molar-refractivity contribution in [3.63, 3.8) is 0 Å². The molecule has 1 saturated heterocycles. The van der Waals surface area contributed by atoms with Crippen LogP contribution in [-0.2, 0) is 6.54 Å². The van der Waals surface area contributed by atoms with Crippen molar-refractivity contribution < 1.29 is 4.74 Å². The molecule has 18 heavy (non-hydrogen) atoms. The Labute approximate surface area is 110 Å². The summed E-state index contributed by atoms with van der Waals surface area (Å²) in [6.45, 7) is 5.25. The molecule has 1 fully saturated rings. The van der Waals surface area contributed by atoms with Crippen LogP contribution in [0, 0.1) is 5.92 Å². The Morgan fingerprint density at radius 3 is 2.67 bits per heavy atom. The molecule has 0 aliphatic carbocycles. The van der Waals surface area contributed by atoms with Gasteiger partial charge >= 0.3 is 0 Å². The molecule has 0 saturated carbocycles. The summed E-state index contributed by atoms with van der Waals surface area (Å²) in [5, 5.41) is 0. The number of nitrogens with two attached hydrogens (primary N) is 1. The van der Waals surface area contributed by atoms with Gasteiger partial charge in [0.1, 0.15) is 5.75 Å². The van der Waals surface area contributed by atoms with Crippen LogP contribution in [0.1, 0.15) is 25.3 Å². The largest absolute Gasteiger partial charge is 0.497 e. The number of ether oxygens (including phenoxy) is 1. The summed E-state index contributed by atoms with van der Waals surface area (Å²) in [6, 6.07) is 8.88. The molecule has 0 radical (unpaired) electrons. The summed E-state index contributed by atoms with van der Waals surface area (Å²) in [4.78, 5) is 2.52. The molecule has 2 rings (SSSR count). The standard InChI is InChI=1S/C15H24N2O/c1-12-7-8-17(14(9-12)10-16)11-13-3-5-15(18-2)6-4-13/h3-6,12,14H,7-11,16H2,1-2H3. The van der Waals surface area contributed by atoms with Crippen LogP contribution in [-0.4, -0.2) is 31.1 Å². The fraction of sp³-hybridized carbons (Fsp3) is 0.600. The van der Waals surface area contributed by atoms with Crippen LogP contribution in [0.2, 0.25) is 0 Å². The van der Waals surface area contributed by atoms with Gasteiger partial charge in [0.15, 0.2) is 0 Å². The zero-order valence-electron chi connectivity index (χ0n) is 11.4. The van der Waals surface area contributed by atoms with Crippen molar-refractivity contribution in [2.24, 2.45) is 11.7 Å².